The molecular weight excluding hydrogens is 320 g/mol. The van der Waals surface area contributed by atoms with Crippen molar-refractivity contribution < 1.29 is 13.3 Å². The Morgan fingerprint density at radius 3 is 2.92 bits per heavy atom. The monoisotopic (exact) mass is 346 g/mol. The summed E-state index contributed by atoms with van der Waals surface area (Å²) in [7, 11) is -2.56. The Morgan fingerprint density at radius 2 is 2.12 bits per heavy atom. The fourth-order valence-corrected chi connectivity index (χ4v) is 7.49. The third-order valence-corrected chi connectivity index (χ3v) is 8.21. The van der Waals surface area contributed by atoms with E-state index in [1.54, 1.807) is 0 Å². The van der Waals surface area contributed by atoms with Crippen molar-refractivity contribution in [3.8, 4) is 0 Å². The predicted octanol–water partition coefficient (Wildman–Crippen LogP) is 2.34. The molecule has 0 aliphatic carbocycles. The van der Waals surface area contributed by atoms with Gasteiger partial charge < -0.3 is 13.3 Å². The Labute approximate surface area is 145 Å². The smallest absolute Gasteiger partial charge is 0.369 e. The molecule has 0 radical (unpaired) electrons. The van der Waals surface area contributed by atoms with Gasteiger partial charge in [0.2, 0.25) is 0 Å². The minimum Gasteiger partial charge on any atom is -0.369 e. The second-order valence-electron chi connectivity index (χ2n) is 7.38. The van der Waals surface area contributed by atoms with Crippen molar-refractivity contribution in [1.29, 1.82) is 0 Å². The third kappa shape index (κ3) is 3.21. The SMILES string of the molecule is CC1CN2CC3O[Si](CCCN=Cc4ccccc4)(O1)OC3(C)C2. The fraction of sp³-hybridized carbons (Fsp3) is 0.611. The number of fused-ring (bicyclic) bond motifs is 2. The zero-order valence-corrected chi connectivity index (χ0v) is 15.5. The maximum atomic E-state index is 6.47. The van der Waals surface area contributed by atoms with Crippen LogP contribution in [-0.4, -0.2) is 63.9 Å². The van der Waals surface area contributed by atoms with Gasteiger partial charge in [0.25, 0.3) is 0 Å². The molecule has 0 saturated carbocycles. The van der Waals surface area contributed by atoms with Crippen LogP contribution < -0.4 is 0 Å². The highest BCUT2D eigenvalue weighted by atomic mass is 28.4. The van der Waals surface area contributed by atoms with Crippen LogP contribution in [0.3, 0.4) is 0 Å². The number of benzene rings is 1. The molecule has 24 heavy (non-hydrogen) atoms. The van der Waals surface area contributed by atoms with Crippen molar-refractivity contribution in [1.82, 2.24) is 4.90 Å². The third-order valence-electron chi connectivity index (χ3n) is 5.06. The summed E-state index contributed by atoms with van der Waals surface area (Å²) in [6.07, 6.45) is 3.22. The average Bonchev–Trinajstić information content (AvgIpc) is 2.96. The molecule has 4 aliphatic heterocycles. The van der Waals surface area contributed by atoms with Crippen molar-refractivity contribution in [3.63, 3.8) is 0 Å². The number of rotatable bonds is 5. The Morgan fingerprint density at radius 1 is 1.29 bits per heavy atom. The summed E-state index contributed by atoms with van der Waals surface area (Å²) in [6.45, 7) is 8.02. The summed E-state index contributed by atoms with van der Waals surface area (Å²) in [5, 5.41) is 0. The molecule has 1 aromatic carbocycles. The molecule has 0 spiro atoms. The minimum atomic E-state index is -2.56. The van der Waals surface area contributed by atoms with Crippen LogP contribution in [0, 0.1) is 0 Å². The van der Waals surface area contributed by atoms with Gasteiger partial charge in [-0.1, -0.05) is 30.3 Å². The number of hydrogen-bond donors (Lipinski definition) is 0. The van der Waals surface area contributed by atoms with Gasteiger partial charge in [-0.25, -0.2) is 0 Å². The van der Waals surface area contributed by atoms with Gasteiger partial charge in [0, 0.05) is 38.4 Å². The molecule has 0 amide bonds. The van der Waals surface area contributed by atoms with E-state index in [9.17, 15) is 0 Å². The molecule has 4 heterocycles. The lowest BCUT2D eigenvalue weighted by Gasteiger charge is -2.35. The molecule has 0 N–H and O–H groups in total. The van der Waals surface area contributed by atoms with E-state index in [-0.39, 0.29) is 17.8 Å². The summed E-state index contributed by atoms with van der Waals surface area (Å²) >= 11 is 0. The summed E-state index contributed by atoms with van der Waals surface area (Å²) in [4.78, 5) is 6.93. The molecule has 5 nitrogen and oxygen atoms in total. The van der Waals surface area contributed by atoms with Crippen LogP contribution in [0.25, 0.3) is 0 Å². The Bertz CT molecular complexity index is 614. The second-order valence-corrected chi connectivity index (χ2v) is 9.92. The molecule has 5 rings (SSSR count). The van der Waals surface area contributed by atoms with Crippen molar-refractivity contribution >= 4 is 15.0 Å². The predicted molar refractivity (Wildman–Crippen MR) is 95.4 cm³/mol. The van der Waals surface area contributed by atoms with Crippen molar-refractivity contribution in [2.45, 2.75) is 44.1 Å². The average molecular weight is 347 g/mol. The van der Waals surface area contributed by atoms with Crippen LogP contribution >= 0.6 is 0 Å². The maximum Gasteiger partial charge on any atom is 0.502 e. The summed E-state index contributed by atoms with van der Waals surface area (Å²) < 4.78 is 19.2. The van der Waals surface area contributed by atoms with Crippen molar-refractivity contribution in [2.75, 3.05) is 26.2 Å². The van der Waals surface area contributed by atoms with Crippen molar-refractivity contribution in [2.24, 2.45) is 4.99 Å². The van der Waals surface area contributed by atoms with Gasteiger partial charge in [-0.3, -0.25) is 9.89 Å². The molecule has 5 unspecified atom stereocenters. The largest absolute Gasteiger partial charge is 0.502 e. The van der Waals surface area contributed by atoms with Crippen LogP contribution in [-0.2, 0) is 13.3 Å². The quantitative estimate of drug-likeness (QED) is 0.466. The number of nitrogens with zero attached hydrogens (tertiary/aromatic N) is 2. The van der Waals surface area contributed by atoms with E-state index in [4.69, 9.17) is 13.3 Å². The van der Waals surface area contributed by atoms with E-state index in [0.29, 0.717) is 0 Å². The molecule has 4 saturated heterocycles. The maximum absolute atomic E-state index is 6.47. The first-order valence-electron chi connectivity index (χ1n) is 8.90. The standard InChI is InChI=1S/C18H26N2O3Si/c1-15-12-20-13-17-18(2,14-20)23-24(21-15,22-17)10-6-9-19-11-16-7-4-3-5-8-16/h3-5,7-8,11,15,17H,6,9-10,12-14H2,1-2H3. The molecule has 6 heteroatoms. The van der Waals surface area contributed by atoms with Gasteiger partial charge in [-0.15, -0.1) is 0 Å². The van der Waals surface area contributed by atoms with Crippen molar-refractivity contribution in [3.05, 3.63) is 35.9 Å². The summed E-state index contributed by atoms with van der Waals surface area (Å²) in [5.41, 5.74) is 0.957. The Balaban J connectivity index is 1.36. The second kappa shape index (κ2) is 6.35. The van der Waals surface area contributed by atoms with Crippen LogP contribution in [0.5, 0.6) is 0 Å². The van der Waals surface area contributed by atoms with Crippen LogP contribution in [0.1, 0.15) is 25.8 Å². The summed E-state index contributed by atoms with van der Waals surface area (Å²) in [5.74, 6) is 0. The van der Waals surface area contributed by atoms with E-state index < -0.39 is 8.80 Å². The van der Waals surface area contributed by atoms with Gasteiger partial charge in [0.05, 0.1) is 17.8 Å². The van der Waals surface area contributed by atoms with Gasteiger partial charge >= 0.3 is 8.80 Å². The Hall–Kier alpha value is -1.05. The van der Waals surface area contributed by atoms with Crippen LogP contribution in [0.4, 0.5) is 0 Å². The van der Waals surface area contributed by atoms with Gasteiger partial charge in [0.1, 0.15) is 0 Å². The highest BCUT2D eigenvalue weighted by molar-refractivity contribution is 6.61. The van der Waals surface area contributed by atoms with Gasteiger partial charge in [0.15, 0.2) is 0 Å². The highest BCUT2D eigenvalue weighted by Crippen LogP contribution is 2.44. The number of hydrogen-bond acceptors (Lipinski definition) is 5. The van der Waals surface area contributed by atoms with Gasteiger partial charge in [-0.2, -0.15) is 0 Å². The first-order valence-corrected chi connectivity index (χ1v) is 10.8. The van der Waals surface area contributed by atoms with Gasteiger partial charge in [-0.05, 0) is 25.8 Å². The lowest BCUT2D eigenvalue weighted by atomic mass is 10.0. The summed E-state index contributed by atoms with van der Waals surface area (Å²) in [6, 6.07) is 11.1. The lowest BCUT2D eigenvalue weighted by molar-refractivity contribution is 0.00611. The van der Waals surface area contributed by atoms with E-state index in [1.165, 1.54) is 0 Å². The first-order chi connectivity index (χ1) is 11.6. The highest BCUT2D eigenvalue weighted by Gasteiger charge is 2.64. The normalized spacial score (nSPS) is 41.0. The lowest BCUT2D eigenvalue weighted by Crippen LogP contribution is -2.52. The molecule has 4 aliphatic rings. The van der Waals surface area contributed by atoms with E-state index in [0.717, 1.165) is 44.2 Å². The molecule has 1 aromatic rings. The first kappa shape index (κ1) is 16.4. The van der Waals surface area contributed by atoms with E-state index >= 15 is 0 Å². The van der Waals surface area contributed by atoms with Crippen LogP contribution in [0.2, 0.25) is 6.04 Å². The topological polar surface area (TPSA) is 43.3 Å². The zero-order valence-electron chi connectivity index (χ0n) is 14.5. The molecule has 0 aromatic heterocycles. The van der Waals surface area contributed by atoms with Crippen LogP contribution in [0.15, 0.2) is 35.3 Å². The molecular formula is C18H26N2O3Si. The fourth-order valence-electron chi connectivity index (χ4n) is 4.06. The molecule has 4 fully saturated rings. The molecule has 130 valence electrons. The zero-order chi connectivity index (χ0) is 16.6. The minimum absolute atomic E-state index is 0.171. The molecule has 4 bridgehead atoms. The number of aliphatic imine (C=N–C) groups is 1. The molecule has 5 atom stereocenters. The Kier molecular flexibility index (Phi) is 4.34. The van der Waals surface area contributed by atoms with E-state index in [2.05, 4.69) is 35.9 Å². The van der Waals surface area contributed by atoms with E-state index in [1.807, 2.05) is 24.4 Å².